The molecule has 1 fully saturated rings. The second-order valence-corrected chi connectivity index (χ2v) is 6.89. The monoisotopic (exact) mass is 368 g/mol. The van der Waals surface area contributed by atoms with Gasteiger partial charge in [0.25, 0.3) is 0 Å². The zero-order valence-corrected chi connectivity index (χ0v) is 15.8. The fourth-order valence-electron chi connectivity index (χ4n) is 3.59. The molecule has 3 rings (SSSR count). The van der Waals surface area contributed by atoms with Gasteiger partial charge in [0.2, 0.25) is 5.91 Å². The zero-order valence-electron chi connectivity index (χ0n) is 15.8. The summed E-state index contributed by atoms with van der Waals surface area (Å²) in [5, 5.41) is 3.39. The average Bonchev–Trinajstić information content (AvgIpc) is 3.19. The molecule has 0 aliphatic carbocycles. The second-order valence-electron chi connectivity index (χ2n) is 6.89. The molecule has 3 N–H and O–H groups in total. The van der Waals surface area contributed by atoms with E-state index in [4.69, 9.17) is 10.7 Å². The highest BCUT2D eigenvalue weighted by atomic mass is 16.1. The Balaban J connectivity index is 1.76. The Kier molecular flexibility index (Phi) is 6.46. The van der Waals surface area contributed by atoms with Gasteiger partial charge < -0.3 is 20.5 Å². The largest absolute Gasteiger partial charge is 0.370 e. The lowest BCUT2D eigenvalue weighted by molar-refractivity contribution is -0.119. The van der Waals surface area contributed by atoms with Crippen molar-refractivity contribution in [2.75, 3.05) is 19.6 Å². The minimum atomic E-state index is -0.224. The van der Waals surface area contributed by atoms with Crippen LogP contribution in [0.3, 0.4) is 0 Å². The van der Waals surface area contributed by atoms with Gasteiger partial charge in [-0.25, -0.2) is 9.98 Å². The molecular weight excluding hydrogens is 340 g/mol. The van der Waals surface area contributed by atoms with Gasteiger partial charge in [-0.2, -0.15) is 0 Å². The highest BCUT2D eigenvalue weighted by Crippen LogP contribution is 2.20. The number of nitrogens with one attached hydrogen (secondary N) is 1. The van der Waals surface area contributed by atoms with Gasteiger partial charge in [-0.1, -0.05) is 18.2 Å². The van der Waals surface area contributed by atoms with Gasteiger partial charge in [-0.05, 0) is 37.3 Å². The van der Waals surface area contributed by atoms with Gasteiger partial charge in [0.05, 0.1) is 18.6 Å². The molecule has 1 atom stereocenters. The number of piperidine rings is 1. The number of primary amides is 1. The number of para-hydroxylation sites is 1. The van der Waals surface area contributed by atoms with Crippen molar-refractivity contribution in [3.8, 4) is 5.69 Å². The molecule has 1 aliphatic rings. The van der Waals surface area contributed by atoms with Crippen molar-refractivity contribution < 1.29 is 4.79 Å². The summed E-state index contributed by atoms with van der Waals surface area (Å²) in [5.74, 6) is 0.975. The zero-order chi connectivity index (χ0) is 19.1. The number of amides is 1. The van der Waals surface area contributed by atoms with E-state index in [2.05, 4.69) is 34.3 Å². The number of likely N-dealkylation sites (tertiary alicyclic amines) is 1. The third kappa shape index (κ3) is 5.09. The van der Waals surface area contributed by atoms with Gasteiger partial charge in [0.1, 0.15) is 0 Å². The van der Waals surface area contributed by atoms with E-state index in [9.17, 15) is 4.79 Å². The van der Waals surface area contributed by atoms with E-state index in [1.54, 1.807) is 12.5 Å². The molecule has 1 unspecified atom stereocenters. The minimum Gasteiger partial charge on any atom is -0.370 e. The third-order valence-corrected chi connectivity index (χ3v) is 4.82. The van der Waals surface area contributed by atoms with E-state index in [0.717, 1.165) is 49.7 Å². The molecule has 7 heteroatoms. The first-order valence-electron chi connectivity index (χ1n) is 9.55. The third-order valence-electron chi connectivity index (χ3n) is 4.82. The molecule has 1 saturated heterocycles. The van der Waals surface area contributed by atoms with Crippen LogP contribution in [-0.4, -0.2) is 46.0 Å². The van der Waals surface area contributed by atoms with Crippen LogP contribution in [0.1, 0.15) is 31.7 Å². The number of hydrogen-bond donors (Lipinski definition) is 2. The fourth-order valence-corrected chi connectivity index (χ4v) is 3.59. The number of nitrogens with two attached hydrogens (primary N) is 1. The highest BCUT2D eigenvalue weighted by molar-refractivity contribution is 5.80. The van der Waals surface area contributed by atoms with Gasteiger partial charge in [-0.3, -0.25) is 4.79 Å². The van der Waals surface area contributed by atoms with Crippen molar-refractivity contribution in [1.29, 1.82) is 0 Å². The number of imidazole rings is 1. The molecule has 0 bridgehead atoms. The predicted octanol–water partition coefficient (Wildman–Crippen LogP) is 1.93. The number of benzene rings is 1. The normalized spacial score (nSPS) is 17.7. The lowest BCUT2D eigenvalue weighted by atomic mass is 9.95. The van der Waals surface area contributed by atoms with Crippen LogP contribution < -0.4 is 11.1 Å². The maximum absolute atomic E-state index is 11.3. The number of nitrogens with zero attached hydrogens (tertiary/aromatic N) is 4. The SMILES string of the molecule is CCNC(=NCc1ccccc1-n1ccnc1)N1CCCC(CC(N)=O)C1. The Labute approximate surface area is 160 Å². The van der Waals surface area contributed by atoms with Crippen LogP contribution in [0.15, 0.2) is 48.0 Å². The van der Waals surface area contributed by atoms with Gasteiger partial charge in [0.15, 0.2) is 5.96 Å². The molecule has 1 aromatic heterocycles. The van der Waals surface area contributed by atoms with Gasteiger partial charge in [-0.15, -0.1) is 0 Å². The number of guanidine groups is 1. The first kappa shape index (κ1) is 18.9. The Morgan fingerprint density at radius 3 is 3.00 bits per heavy atom. The Bertz CT molecular complexity index is 771. The van der Waals surface area contributed by atoms with Crippen molar-refractivity contribution in [3.63, 3.8) is 0 Å². The standard InChI is InChI=1S/C20H28N6O/c1-2-23-20(25-10-5-6-16(14-25)12-19(21)27)24-13-17-7-3-4-8-18(17)26-11-9-22-15-26/h3-4,7-9,11,15-16H,2,5-6,10,12-14H2,1H3,(H2,21,27)(H,23,24). The summed E-state index contributed by atoms with van der Waals surface area (Å²) in [4.78, 5) is 22.5. The van der Waals surface area contributed by atoms with Crippen molar-refractivity contribution in [2.45, 2.75) is 32.7 Å². The van der Waals surface area contributed by atoms with E-state index < -0.39 is 0 Å². The van der Waals surface area contributed by atoms with Crippen molar-refractivity contribution in [3.05, 3.63) is 48.5 Å². The van der Waals surface area contributed by atoms with E-state index in [0.29, 0.717) is 18.9 Å². The molecule has 0 spiro atoms. The summed E-state index contributed by atoms with van der Waals surface area (Å²) in [6.07, 6.45) is 8.05. The van der Waals surface area contributed by atoms with Gasteiger partial charge in [0, 0.05) is 38.4 Å². The molecular formula is C20H28N6O. The molecule has 1 aromatic carbocycles. The Morgan fingerprint density at radius 2 is 2.26 bits per heavy atom. The molecule has 1 aliphatic heterocycles. The Morgan fingerprint density at radius 1 is 1.41 bits per heavy atom. The summed E-state index contributed by atoms with van der Waals surface area (Å²) in [6.45, 7) is 5.22. The van der Waals surface area contributed by atoms with Crippen LogP contribution in [-0.2, 0) is 11.3 Å². The molecule has 144 valence electrons. The summed E-state index contributed by atoms with van der Waals surface area (Å²) < 4.78 is 2.00. The van der Waals surface area contributed by atoms with Gasteiger partial charge >= 0.3 is 0 Å². The number of carbonyl (C=O) groups excluding carboxylic acids is 1. The van der Waals surface area contributed by atoms with Crippen LogP contribution >= 0.6 is 0 Å². The van der Waals surface area contributed by atoms with E-state index in [-0.39, 0.29) is 5.91 Å². The summed E-state index contributed by atoms with van der Waals surface area (Å²) >= 11 is 0. The summed E-state index contributed by atoms with van der Waals surface area (Å²) in [7, 11) is 0. The summed E-state index contributed by atoms with van der Waals surface area (Å²) in [5.41, 5.74) is 7.61. The molecule has 0 radical (unpaired) electrons. The molecule has 2 heterocycles. The number of aliphatic imine (C=N–C) groups is 1. The molecule has 7 nitrogen and oxygen atoms in total. The van der Waals surface area contributed by atoms with E-state index in [1.165, 1.54) is 0 Å². The summed E-state index contributed by atoms with van der Waals surface area (Å²) in [6, 6.07) is 8.21. The van der Waals surface area contributed by atoms with Crippen LogP contribution in [0.2, 0.25) is 0 Å². The quantitative estimate of drug-likeness (QED) is 0.602. The van der Waals surface area contributed by atoms with Crippen molar-refractivity contribution in [1.82, 2.24) is 19.8 Å². The lowest BCUT2D eigenvalue weighted by Gasteiger charge is -2.34. The first-order chi connectivity index (χ1) is 13.2. The second kappa shape index (κ2) is 9.21. The minimum absolute atomic E-state index is 0.224. The molecule has 27 heavy (non-hydrogen) atoms. The number of rotatable bonds is 6. The topological polar surface area (TPSA) is 88.5 Å². The van der Waals surface area contributed by atoms with Crippen LogP contribution in [0, 0.1) is 5.92 Å². The number of carbonyl (C=O) groups is 1. The van der Waals surface area contributed by atoms with E-state index in [1.807, 2.05) is 22.9 Å². The lowest BCUT2D eigenvalue weighted by Crippen LogP contribution is -2.47. The van der Waals surface area contributed by atoms with Crippen molar-refractivity contribution in [2.24, 2.45) is 16.6 Å². The van der Waals surface area contributed by atoms with Crippen LogP contribution in [0.4, 0.5) is 0 Å². The van der Waals surface area contributed by atoms with Crippen LogP contribution in [0.25, 0.3) is 5.69 Å². The van der Waals surface area contributed by atoms with Crippen molar-refractivity contribution >= 4 is 11.9 Å². The molecule has 2 aromatic rings. The highest BCUT2D eigenvalue weighted by Gasteiger charge is 2.23. The Hall–Kier alpha value is -2.83. The molecule has 1 amide bonds. The smallest absolute Gasteiger partial charge is 0.217 e. The maximum Gasteiger partial charge on any atom is 0.217 e. The maximum atomic E-state index is 11.3. The fraction of sp³-hybridized carbons (Fsp3) is 0.450. The molecule has 0 saturated carbocycles. The van der Waals surface area contributed by atoms with E-state index >= 15 is 0 Å². The van der Waals surface area contributed by atoms with Crippen LogP contribution in [0.5, 0.6) is 0 Å². The number of aromatic nitrogens is 2. The number of hydrogen-bond acceptors (Lipinski definition) is 3. The predicted molar refractivity (Wildman–Crippen MR) is 106 cm³/mol. The average molecular weight is 368 g/mol. The first-order valence-corrected chi connectivity index (χ1v) is 9.55.